The third-order valence-electron chi connectivity index (χ3n) is 5.01. The van der Waals surface area contributed by atoms with Gasteiger partial charge in [-0.25, -0.2) is 0 Å². The Labute approximate surface area is 192 Å². The number of rotatable bonds is 6. The van der Waals surface area contributed by atoms with Gasteiger partial charge in [0.1, 0.15) is 0 Å². The fourth-order valence-corrected chi connectivity index (χ4v) is 8.32. The number of benzene rings is 4. The number of hydrogen-bond donors (Lipinski definition) is 0. The van der Waals surface area contributed by atoms with Gasteiger partial charge in [0, 0.05) is 0 Å². The Hall–Kier alpha value is -2.85. The number of para-hydroxylation sites is 1. The van der Waals surface area contributed by atoms with E-state index in [4.69, 9.17) is 5.21 Å². The van der Waals surface area contributed by atoms with E-state index < -0.39 is 3.77 Å². The maximum atomic E-state index is 4.73. The van der Waals surface area contributed by atoms with Gasteiger partial charge < -0.3 is 0 Å². The van der Waals surface area contributed by atoms with Gasteiger partial charge in [0.25, 0.3) is 0 Å². The van der Waals surface area contributed by atoms with Gasteiger partial charge in [0.05, 0.1) is 0 Å². The predicted octanol–water partition coefficient (Wildman–Crippen LogP) is 5.22. The summed E-state index contributed by atoms with van der Waals surface area (Å²) in [7, 11) is 0. The molecule has 1 atom stereocenters. The van der Waals surface area contributed by atoms with Crippen molar-refractivity contribution in [2.75, 3.05) is 0 Å². The topological polar surface area (TPSA) is 30.7 Å². The Morgan fingerprint density at radius 3 is 2.26 bits per heavy atom. The zero-order valence-electron chi connectivity index (χ0n) is 17.1. The Kier molecular flexibility index (Phi) is 5.64. The summed E-state index contributed by atoms with van der Waals surface area (Å²) < 4.78 is 3.03. The quantitative estimate of drug-likeness (QED) is 0.244. The number of hydrogen-bond acceptors (Lipinski definition) is 3. The number of fused-ring (bicyclic) bond motifs is 1. The van der Waals surface area contributed by atoms with E-state index in [2.05, 4.69) is 114 Å². The molecule has 3 nitrogen and oxygen atoms in total. The first kappa shape index (κ1) is 20.1. The summed E-state index contributed by atoms with van der Waals surface area (Å²) >= 11 is 1.88. The number of aromatic nitrogens is 3. The molecule has 0 fully saturated rings. The average molecular weight is 487 g/mol. The molecule has 5 rings (SSSR count). The molecule has 31 heavy (non-hydrogen) atoms. The van der Waals surface area contributed by atoms with E-state index >= 15 is 0 Å². The molecular weight excluding hydrogens is 465 g/mol. The molecule has 0 N–H and O–H groups in total. The van der Waals surface area contributed by atoms with E-state index in [9.17, 15) is 0 Å². The van der Waals surface area contributed by atoms with Crippen molar-refractivity contribution in [2.45, 2.75) is 15.6 Å². The van der Waals surface area contributed by atoms with E-state index in [1.165, 1.54) is 20.5 Å². The van der Waals surface area contributed by atoms with Gasteiger partial charge in [0.15, 0.2) is 0 Å². The van der Waals surface area contributed by atoms with Crippen LogP contribution in [0.25, 0.3) is 11.0 Å². The molecule has 0 aliphatic heterocycles. The van der Waals surface area contributed by atoms with Crippen LogP contribution in [0, 0.1) is 6.92 Å². The van der Waals surface area contributed by atoms with Crippen LogP contribution in [0.15, 0.2) is 114 Å². The molecule has 1 aromatic heterocycles. The van der Waals surface area contributed by atoms with Crippen LogP contribution in [-0.2, 0) is 3.77 Å². The second-order valence-corrected chi connectivity index (χ2v) is 11.8. The molecule has 0 aliphatic carbocycles. The van der Waals surface area contributed by atoms with Crippen LogP contribution in [0.3, 0.4) is 0 Å². The van der Waals surface area contributed by atoms with Crippen molar-refractivity contribution in [3.05, 3.63) is 120 Å². The molecule has 0 saturated heterocycles. The number of thioether (sulfide) groups is 1. The summed E-state index contributed by atoms with van der Waals surface area (Å²) in [5.41, 5.74) is 4.44. The average Bonchev–Trinajstić information content (AvgIpc) is 3.25. The molecule has 1 heterocycles. The van der Waals surface area contributed by atoms with Crippen LogP contribution >= 0.6 is 11.8 Å². The van der Waals surface area contributed by atoms with Crippen molar-refractivity contribution in [1.82, 2.24) is 15.0 Å². The molecule has 0 spiro atoms. The molecule has 0 amide bonds. The van der Waals surface area contributed by atoms with Crippen molar-refractivity contribution in [1.29, 1.82) is 0 Å². The van der Waals surface area contributed by atoms with Gasteiger partial charge in [-0.2, -0.15) is 0 Å². The summed E-state index contributed by atoms with van der Waals surface area (Å²) in [5.74, 6) is 0. The number of nitrogens with zero attached hydrogens (tertiary/aromatic N) is 3. The molecule has 0 radical (unpaired) electrons. The normalized spacial score (nSPS) is 13.2. The van der Waals surface area contributed by atoms with E-state index in [1.807, 2.05) is 23.9 Å². The van der Waals surface area contributed by atoms with Crippen LogP contribution < -0.4 is 4.46 Å². The van der Waals surface area contributed by atoms with E-state index in [0.717, 1.165) is 11.0 Å². The number of aryl methyl sites for hydroxylation is 1. The summed E-state index contributed by atoms with van der Waals surface area (Å²) in [5, 5.41) is 9.25. The third kappa shape index (κ3) is 4.05. The van der Waals surface area contributed by atoms with Crippen molar-refractivity contribution in [3.63, 3.8) is 0 Å². The summed E-state index contributed by atoms with van der Waals surface area (Å²) in [6.45, 7) is 2.15. The second kappa shape index (κ2) is 8.72. The van der Waals surface area contributed by atoms with Gasteiger partial charge in [-0.05, 0) is 0 Å². The fourth-order valence-electron chi connectivity index (χ4n) is 3.57. The van der Waals surface area contributed by atoms with Gasteiger partial charge in [-0.1, -0.05) is 0 Å². The minimum absolute atomic E-state index is 0.0268. The molecule has 1 unspecified atom stereocenters. The van der Waals surface area contributed by atoms with Gasteiger partial charge in [0.2, 0.25) is 0 Å². The summed E-state index contributed by atoms with van der Waals surface area (Å²) in [6, 6.07) is 38.4. The first-order valence-electron chi connectivity index (χ1n) is 10.1. The molecule has 0 aliphatic rings. The zero-order chi connectivity index (χ0) is 21.1. The Morgan fingerprint density at radius 2 is 1.48 bits per heavy atom. The predicted molar refractivity (Wildman–Crippen MR) is 130 cm³/mol. The second-order valence-electron chi connectivity index (χ2n) is 7.27. The Morgan fingerprint density at radius 1 is 0.774 bits per heavy atom. The summed E-state index contributed by atoms with van der Waals surface area (Å²) in [6.07, 6.45) is 0. The monoisotopic (exact) mass is 487 g/mol. The summed E-state index contributed by atoms with van der Waals surface area (Å²) in [4.78, 5) is 1.21. The molecule has 4 aromatic carbocycles. The molecule has 0 bridgehead atoms. The van der Waals surface area contributed by atoms with Crippen LogP contribution in [0.1, 0.15) is 11.1 Å². The fraction of sp³-hybridized carbons (Fsp3) is 0.0769. The van der Waals surface area contributed by atoms with E-state index in [1.54, 1.807) is 0 Å². The molecule has 152 valence electrons. The first-order valence-corrected chi connectivity index (χ1v) is 12.6. The van der Waals surface area contributed by atoms with Crippen molar-refractivity contribution in [2.24, 2.45) is 0 Å². The minimum atomic E-state index is -0.433. The zero-order valence-corrected chi connectivity index (χ0v) is 19.6. The molecule has 5 aromatic rings. The standard InChI is InChI=1S/C26H21N3SSe/c1-20-11-10-12-21(19-20)26(30-22-13-4-2-5-14-22,31-23-15-6-3-7-16-23)29-25-18-9-8-17-24(25)27-28-29/h2-19H,1H3. The van der Waals surface area contributed by atoms with Crippen molar-refractivity contribution < 1.29 is 0 Å². The van der Waals surface area contributed by atoms with E-state index in [0.29, 0.717) is 0 Å². The molecule has 0 saturated carbocycles. The van der Waals surface area contributed by atoms with Gasteiger partial charge in [-0.15, -0.1) is 0 Å². The molecular formula is C26H21N3SSe. The SMILES string of the molecule is Cc1cccc(C(Sc2ccccc2)([Se]c2ccccc2)n2nnc3ccccc32)c1. The van der Waals surface area contributed by atoms with E-state index in [-0.39, 0.29) is 15.0 Å². The van der Waals surface area contributed by atoms with Crippen LogP contribution in [0.5, 0.6) is 0 Å². The first-order chi connectivity index (χ1) is 15.2. The van der Waals surface area contributed by atoms with Crippen LogP contribution in [0.4, 0.5) is 0 Å². The van der Waals surface area contributed by atoms with Gasteiger partial charge in [-0.3, -0.25) is 0 Å². The maximum absolute atomic E-state index is 4.73. The van der Waals surface area contributed by atoms with Crippen molar-refractivity contribution >= 4 is 42.2 Å². The van der Waals surface area contributed by atoms with Crippen molar-refractivity contribution in [3.8, 4) is 0 Å². The Bertz CT molecular complexity index is 1260. The molecule has 5 heteroatoms. The van der Waals surface area contributed by atoms with Crippen LogP contribution in [0.2, 0.25) is 0 Å². The Balaban J connectivity index is 1.79. The van der Waals surface area contributed by atoms with Gasteiger partial charge >= 0.3 is 193 Å². The third-order valence-corrected chi connectivity index (χ3v) is 9.67. The van der Waals surface area contributed by atoms with Crippen LogP contribution in [-0.4, -0.2) is 30.0 Å².